The molecule has 1 N–H and O–H groups in total. The van der Waals surface area contributed by atoms with Gasteiger partial charge in [0.1, 0.15) is 6.33 Å². The van der Waals surface area contributed by atoms with Crippen molar-refractivity contribution in [3.8, 4) is 16.8 Å². The molecule has 0 atom stereocenters. The number of hydrogen-bond acceptors (Lipinski definition) is 2. The summed E-state index contributed by atoms with van der Waals surface area (Å²) in [6, 6.07) is 15.7. The summed E-state index contributed by atoms with van der Waals surface area (Å²) >= 11 is 3.53. The van der Waals surface area contributed by atoms with Crippen molar-refractivity contribution in [3.05, 3.63) is 69.8 Å². The van der Waals surface area contributed by atoms with Gasteiger partial charge in [-0.3, -0.25) is 4.98 Å². The fourth-order valence-electron chi connectivity index (χ4n) is 1.94. The minimum absolute atomic E-state index is 0.246. The van der Waals surface area contributed by atoms with Gasteiger partial charge in [0.25, 0.3) is 0 Å². The van der Waals surface area contributed by atoms with Gasteiger partial charge in [0.2, 0.25) is 0 Å². The molecule has 0 saturated heterocycles. The van der Waals surface area contributed by atoms with E-state index in [0.29, 0.717) is 0 Å². The average Bonchev–Trinajstić information content (AvgIpc) is 2.86. The SMILES string of the molecule is O=c1[nH]cnn1-c1cccc(-c2ccccc2Br)c1. The number of rotatable bonds is 2. The first kappa shape index (κ1) is 11.9. The molecule has 0 saturated carbocycles. The van der Waals surface area contributed by atoms with Gasteiger partial charge in [-0.05, 0) is 29.3 Å². The van der Waals surface area contributed by atoms with Crippen LogP contribution in [0.4, 0.5) is 0 Å². The predicted molar refractivity (Wildman–Crippen MR) is 77.3 cm³/mol. The van der Waals surface area contributed by atoms with E-state index in [0.717, 1.165) is 21.3 Å². The Kier molecular flexibility index (Phi) is 3.05. The normalized spacial score (nSPS) is 10.6. The summed E-state index contributed by atoms with van der Waals surface area (Å²) in [6.07, 6.45) is 1.38. The Hall–Kier alpha value is -2.14. The largest absolute Gasteiger partial charge is 0.347 e. The quantitative estimate of drug-likeness (QED) is 0.790. The summed E-state index contributed by atoms with van der Waals surface area (Å²) in [7, 11) is 0. The van der Waals surface area contributed by atoms with E-state index in [1.54, 1.807) is 0 Å². The van der Waals surface area contributed by atoms with Crippen molar-refractivity contribution in [1.82, 2.24) is 14.8 Å². The van der Waals surface area contributed by atoms with Crippen molar-refractivity contribution in [2.75, 3.05) is 0 Å². The van der Waals surface area contributed by atoms with E-state index >= 15 is 0 Å². The first-order valence-corrected chi connectivity index (χ1v) is 6.53. The van der Waals surface area contributed by atoms with Crippen LogP contribution in [0.3, 0.4) is 0 Å². The first-order chi connectivity index (χ1) is 9.25. The van der Waals surface area contributed by atoms with E-state index in [2.05, 4.69) is 26.0 Å². The van der Waals surface area contributed by atoms with E-state index in [1.165, 1.54) is 11.0 Å². The molecule has 1 aromatic heterocycles. The van der Waals surface area contributed by atoms with Gasteiger partial charge >= 0.3 is 5.69 Å². The lowest BCUT2D eigenvalue weighted by atomic mass is 10.1. The van der Waals surface area contributed by atoms with Crippen LogP contribution in [0.15, 0.2) is 64.1 Å². The molecule has 0 radical (unpaired) electrons. The molecule has 0 aliphatic rings. The molecule has 0 unspecified atom stereocenters. The topological polar surface area (TPSA) is 50.7 Å². The molecule has 0 amide bonds. The summed E-state index contributed by atoms with van der Waals surface area (Å²) in [6.45, 7) is 0. The second-order valence-electron chi connectivity index (χ2n) is 4.04. The molecule has 0 bridgehead atoms. The van der Waals surface area contributed by atoms with E-state index in [1.807, 2.05) is 48.5 Å². The number of benzene rings is 2. The van der Waals surface area contributed by atoms with Gasteiger partial charge in [0.05, 0.1) is 5.69 Å². The molecular weight excluding hydrogens is 306 g/mol. The zero-order valence-corrected chi connectivity index (χ0v) is 11.5. The molecule has 4 nitrogen and oxygen atoms in total. The highest BCUT2D eigenvalue weighted by Gasteiger charge is 2.06. The number of aromatic nitrogens is 3. The predicted octanol–water partition coefficient (Wildman–Crippen LogP) is 2.99. The molecule has 0 spiro atoms. The minimum Gasteiger partial charge on any atom is -0.295 e. The third-order valence-electron chi connectivity index (χ3n) is 2.83. The average molecular weight is 316 g/mol. The molecule has 3 rings (SSSR count). The van der Waals surface area contributed by atoms with Crippen LogP contribution in [-0.4, -0.2) is 14.8 Å². The maximum absolute atomic E-state index is 11.6. The minimum atomic E-state index is -0.246. The van der Waals surface area contributed by atoms with Gasteiger partial charge in [0, 0.05) is 4.47 Å². The summed E-state index contributed by atoms with van der Waals surface area (Å²) in [5.74, 6) is 0. The highest BCUT2D eigenvalue weighted by Crippen LogP contribution is 2.28. The second-order valence-corrected chi connectivity index (χ2v) is 4.89. The molecule has 1 heterocycles. The lowest BCUT2D eigenvalue weighted by Crippen LogP contribution is -2.15. The molecule has 3 aromatic rings. The van der Waals surface area contributed by atoms with Gasteiger partial charge in [-0.2, -0.15) is 9.78 Å². The summed E-state index contributed by atoms with van der Waals surface area (Å²) in [4.78, 5) is 14.1. The summed E-state index contributed by atoms with van der Waals surface area (Å²) in [5, 5.41) is 3.98. The second kappa shape index (κ2) is 4.85. The van der Waals surface area contributed by atoms with Crippen molar-refractivity contribution in [1.29, 1.82) is 0 Å². The van der Waals surface area contributed by atoms with Crippen LogP contribution in [0, 0.1) is 0 Å². The Balaban J connectivity index is 2.14. The van der Waals surface area contributed by atoms with E-state index in [9.17, 15) is 4.79 Å². The van der Waals surface area contributed by atoms with Gasteiger partial charge in [-0.1, -0.05) is 46.3 Å². The Bertz CT molecular complexity index is 776. The van der Waals surface area contributed by atoms with Crippen LogP contribution in [-0.2, 0) is 0 Å². The van der Waals surface area contributed by atoms with Gasteiger partial charge in [-0.25, -0.2) is 4.79 Å². The van der Waals surface area contributed by atoms with Crippen molar-refractivity contribution in [3.63, 3.8) is 0 Å². The van der Waals surface area contributed by atoms with Crippen LogP contribution < -0.4 is 5.69 Å². The van der Waals surface area contributed by atoms with Crippen LogP contribution in [0.1, 0.15) is 0 Å². The van der Waals surface area contributed by atoms with Crippen molar-refractivity contribution in [2.24, 2.45) is 0 Å². The van der Waals surface area contributed by atoms with Crippen molar-refractivity contribution < 1.29 is 0 Å². The fourth-order valence-corrected chi connectivity index (χ4v) is 2.45. The van der Waals surface area contributed by atoms with Crippen molar-refractivity contribution in [2.45, 2.75) is 0 Å². The Labute approximate surface area is 117 Å². The van der Waals surface area contributed by atoms with Crippen LogP contribution in [0.25, 0.3) is 16.8 Å². The first-order valence-electron chi connectivity index (χ1n) is 5.74. The molecule has 5 heteroatoms. The van der Waals surface area contributed by atoms with Gasteiger partial charge in [0.15, 0.2) is 0 Å². The Morgan fingerprint density at radius 1 is 1.11 bits per heavy atom. The highest BCUT2D eigenvalue weighted by atomic mass is 79.9. The monoisotopic (exact) mass is 315 g/mol. The number of H-pyrrole nitrogens is 1. The molecule has 0 aliphatic carbocycles. The molecule has 2 aromatic carbocycles. The summed E-state index contributed by atoms with van der Waals surface area (Å²) < 4.78 is 2.35. The fraction of sp³-hybridized carbons (Fsp3) is 0. The lowest BCUT2D eigenvalue weighted by Gasteiger charge is -2.06. The molecule has 0 fully saturated rings. The standard InChI is InChI=1S/C14H10BrN3O/c15-13-7-2-1-6-12(13)10-4-3-5-11(8-10)18-14(19)16-9-17-18/h1-9H,(H,16,17,19). The van der Waals surface area contributed by atoms with Crippen LogP contribution in [0.5, 0.6) is 0 Å². The smallest absolute Gasteiger partial charge is 0.295 e. The third-order valence-corrected chi connectivity index (χ3v) is 3.52. The molecule has 19 heavy (non-hydrogen) atoms. The summed E-state index contributed by atoms with van der Waals surface area (Å²) in [5.41, 5.74) is 2.59. The number of nitrogens with one attached hydrogen (secondary N) is 1. The third kappa shape index (κ3) is 2.24. The molecule has 0 aliphatic heterocycles. The number of hydrogen-bond donors (Lipinski definition) is 1. The molecule has 94 valence electrons. The number of aromatic amines is 1. The van der Waals surface area contributed by atoms with Crippen LogP contribution >= 0.6 is 15.9 Å². The number of halogens is 1. The van der Waals surface area contributed by atoms with Gasteiger partial charge in [-0.15, -0.1) is 0 Å². The number of nitrogens with zero attached hydrogens (tertiary/aromatic N) is 2. The Morgan fingerprint density at radius 3 is 2.68 bits per heavy atom. The van der Waals surface area contributed by atoms with E-state index in [4.69, 9.17) is 0 Å². The van der Waals surface area contributed by atoms with E-state index < -0.39 is 0 Å². The highest BCUT2D eigenvalue weighted by molar-refractivity contribution is 9.10. The van der Waals surface area contributed by atoms with Crippen LogP contribution in [0.2, 0.25) is 0 Å². The van der Waals surface area contributed by atoms with Gasteiger partial charge < -0.3 is 0 Å². The zero-order chi connectivity index (χ0) is 13.2. The maximum Gasteiger partial charge on any atom is 0.347 e. The maximum atomic E-state index is 11.6. The Morgan fingerprint density at radius 2 is 1.95 bits per heavy atom. The zero-order valence-electron chi connectivity index (χ0n) is 9.88. The molecular formula is C14H10BrN3O. The van der Waals surface area contributed by atoms with E-state index in [-0.39, 0.29) is 5.69 Å². The van der Waals surface area contributed by atoms with Crippen molar-refractivity contribution >= 4 is 15.9 Å². The lowest BCUT2D eigenvalue weighted by molar-refractivity contribution is 0.843.